The first-order valence-corrected chi connectivity index (χ1v) is 38.1. The molecule has 1 heterocycles. The van der Waals surface area contributed by atoms with E-state index < -0.39 is 25.9 Å². The number of fused-ring (bicyclic) bond motifs is 5. The zero-order chi connectivity index (χ0) is 50.0. The van der Waals surface area contributed by atoms with Gasteiger partial charge in [-0.2, -0.15) is 0 Å². The van der Waals surface area contributed by atoms with Gasteiger partial charge in [-0.3, -0.25) is 0 Å². The number of rotatable bonds is 11. The number of halogens is 2. The van der Waals surface area contributed by atoms with Gasteiger partial charge in [0.2, 0.25) is 0 Å². The first-order valence-electron chi connectivity index (χ1n) is 26.3. The van der Waals surface area contributed by atoms with Crippen molar-refractivity contribution in [3.63, 3.8) is 0 Å². The molecule has 0 saturated carbocycles. The van der Waals surface area contributed by atoms with Crippen LogP contribution in [0.4, 0.5) is 0 Å². The van der Waals surface area contributed by atoms with Crippen LogP contribution in [0.1, 0.15) is 65.6 Å². The Morgan fingerprint density at radius 3 is 1.22 bits per heavy atom. The zero-order valence-corrected chi connectivity index (χ0v) is 47.1. The Labute approximate surface area is 446 Å². The molecule has 2 unspecified atom stereocenters. The van der Waals surface area contributed by atoms with Gasteiger partial charge in [0.1, 0.15) is 0 Å². The minimum absolute atomic E-state index is 0.345. The van der Waals surface area contributed by atoms with Crippen molar-refractivity contribution in [3.05, 3.63) is 281 Å². The fourth-order valence-corrected chi connectivity index (χ4v) is 40.3. The second-order valence-electron chi connectivity index (χ2n) is 20.4. The Morgan fingerprint density at radius 2 is 0.757 bits per heavy atom. The van der Waals surface area contributed by atoms with Crippen LogP contribution in [-0.4, -0.2) is 9.52 Å². The minimum atomic E-state index is -6.18. The van der Waals surface area contributed by atoms with Crippen LogP contribution in [0.25, 0.3) is 78.9 Å². The van der Waals surface area contributed by atoms with Crippen molar-refractivity contribution >= 4 is 63.5 Å². The van der Waals surface area contributed by atoms with Gasteiger partial charge in [-0.05, 0) is 0 Å². The molecule has 0 nitrogen and oxygen atoms in total. The molecule has 3 aliphatic rings. The second kappa shape index (κ2) is 18.9. The normalized spacial score (nSPS) is 16.1. The number of allylic oxidation sites excluding steroid dienone is 2. The molecule has 74 heavy (non-hydrogen) atoms. The quantitative estimate of drug-likeness (QED) is 0.113. The van der Waals surface area contributed by atoms with E-state index in [9.17, 15) is 17.0 Å². The summed E-state index contributed by atoms with van der Waals surface area (Å²) in [7, 11) is 18.7. The van der Waals surface area contributed by atoms with Crippen LogP contribution < -0.4 is 13.6 Å². The van der Waals surface area contributed by atoms with Gasteiger partial charge in [0.05, 0.1) is 0 Å². The molecule has 1 aliphatic heterocycles. The van der Waals surface area contributed by atoms with E-state index >= 15 is 0 Å². The van der Waals surface area contributed by atoms with Crippen molar-refractivity contribution in [3.8, 4) is 55.6 Å². The van der Waals surface area contributed by atoms with E-state index in [1.807, 2.05) is 0 Å². The molecule has 0 radical (unpaired) electrons. The Hall–Kier alpha value is -6.64. The molecule has 13 rings (SSSR count). The molecule has 0 aromatic heterocycles. The molecule has 0 spiro atoms. The summed E-state index contributed by atoms with van der Waals surface area (Å²) in [5.74, 6) is 0. The van der Waals surface area contributed by atoms with Crippen LogP contribution in [0.3, 0.4) is 0 Å². The van der Waals surface area contributed by atoms with Gasteiger partial charge in [-0.15, -0.1) is 0 Å². The molecule has 0 saturated heterocycles. The fraction of sp³-hybridized carbons (Fsp3) is 0.0857. The van der Waals surface area contributed by atoms with Crippen molar-refractivity contribution in [2.24, 2.45) is 0 Å². The molecular formula is C70H55Cl2SiZr. The molecule has 0 fully saturated rings. The molecule has 0 bridgehead atoms. The number of hydrogen-bond donors (Lipinski definition) is 0. The molecule has 357 valence electrons. The van der Waals surface area contributed by atoms with Gasteiger partial charge in [0, 0.05) is 0 Å². The van der Waals surface area contributed by atoms with E-state index in [-0.39, 0.29) is 7.25 Å². The number of hydrogen-bond acceptors (Lipinski definition) is 0. The van der Waals surface area contributed by atoms with E-state index in [0.717, 1.165) is 24.0 Å². The van der Waals surface area contributed by atoms with Gasteiger partial charge >= 0.3 is 451 Å². The standard InChI is InChI=1S/2C29H23.C12H9Si.2ClH.Zr/c2*1-2-21-11-9-10-16-26(21)29-27(23-14-7-4-8-15-23)18-17-24-19-25(20-28(24)29)22-12-5-3-6-13-22;1-3-7-11-9(5-1)10-6-2-4-8-12(10)13-11;;;/h2*3-20H,2H2,1H3;1-7H,13H2;2*1H;/q;;;;;+2/p-2. The van der Waals surface area contributed by atoms with E-state index in [0.29, 0.717) is 0 Å². The van der Waals surface area contributed by atoms with Crippen LogP contribution in [0, 0.1) is 0 Å². The Kier molecular flexibility index (Phi) is 12.1. The van der Waals surface area contributed by atoms with Gasteiger partial charge in [-0.25, -0.2) is 0 Å². The summed E-state index contributed by atoms with van der Waals surface area (Å²) in [6.45, 7) is 4.55. The average molecular weight is 1090 g/mol. The molecule has 10 aromatic rings. The van der Waals surface area contributed by atoms with Gasteiger partial charge in [0.15, 0.2) is 0 Å². The number of benzene rings is 10. The summed E-state index contributed by atoms with van der Waals surface area (Å²) in [5, 5.41) is 2.86. The predicted octanol–water partition coefficient (Wildman–Crippen LogP) is 16.8. The average Bonchev–Trinajstić information content (AvgIpc) is 4.30. The van der Waals surface area contributed by atoms with Crippen LogP contribution in [-0.2, 0) is 29.2 Å². The van der Waals surface area contributed by atoms with Gasteiger partial charge in [0.25, 0.3) is 0 Å². The molecule has 2 aliphatic carbocycles. The summed E-state index contributed by atoms with van der Waals surface area (Å²) in [5.41, 5.74) is 24.6. The van der Waals surface area contributed by atoms with Crippen molar-refractivity contribution in [1.29, 1.82) is 0 Å². The monoisotopic (exact) mass is 1080 g/mol. The molecule has 4 heteroatoms. The van der Waals surface area contributed by atoms with Gasteiger partial charge in [-0.1, -0.05) is 0 Å². The zero-order valence-electron chi connectivity index (χ0n) is 41.7. The summed E-state index contributed by atoms with van der Waals surface area (Å²) in [4.78, 5) is 0. The fourth-order valence-electron chi connectivity index (χ4n) is 13.3. The summed E-state index contributed by atoms with van der Waals surface area (Å²) >= 11 is -6.18. The molecular weight excluding hydrogens is 1030 g/mol. The third-order valence-electron chi connectivity index (χ3n) is 16.5. The summed E-state index contributed by atoms with van der Waals surface area (Å²) in [6, 6.07) is 87.6. The Morgan fingerprint density at radius 1 is 0.365 bits per heavy atom. The van der Waals surface area contributed by atoms with Crippen LogP contribution in [0.15, 0.2) is 237 Å². The van der Waals surface area contributed by atoms with E-state index in [1.165, 1.54) is 114 Å². The third kappa shape index (κ3) is 7.47. The number of aryl methyl sites for hydroxylation is 2. The topological polar surface area (TPSA) is 0 Å². The molecule has 2 atom stereocenters. The first kappa shape index (κ1) is 47.1. The van der Waals surface area contributed by atoms with Crippen molar-refractivity contribution < 1.29 is 16.4 Å². The molecule has 0 amide bonds. The van der Waals surface area contributed by atoms with Crippen molar-refractivity contribution in [2.45, 2.75) is 33.9 Å². The van der Waals surface area contributed by atoms with Crippen LogP contribution >= 0.6 is 17.0 Å². The summed E-state index contributed by atoms with van der Waals surface area (Å²) in [6.07, 6.45) is 6.84. The Balaban J connectivity index is 1.19. The Bertz CT molecular complexity index is 3670. The van der Waals surface area contributed by atoms with E-state index in [2.05, 4.69) is 263 Å². The van der Waals surface area contributed by atoms with Crippen LogP contribution in [0.2, 0.25) is 0 Å². The predicted molar refractivity (Wildman–Crippen MR) is 319 cm³/mol. The molecule has 0 N–H and O–H groups in total. The van der Waals surface area contributed by atoms with E-state index in [1.54, 1.807) is 0 Å². The maximum absolute atomic E-state index is 9.85. The van der Waals surface area contributed by atoms with Crippen molar-refractivity contribution in [2.75, 3.05) is 0 Å². The first-order chi connectivity index (χ1) is 36.3. The summed E-state index contributed by atoms with van der Waals surface area (Å²) < 4.78 is 0.517. The SMILES string of the molecule is CCc1ccccc1-c1c(-c2ccccc2)ccc2c1C=C(c1ccccc1)[CH]2[Zr]([Cl])([Cl])([c]1cccc2c1[SiH2]c1ccccc1-2)[CH]1C(c2ccccc2)=Cc2c1ccc(-c1ccccc1)c2-c1ccccc1CC. The third-order valence-corrected chi connectivity index (χ3v) is 39.0. The van der Waals surface area contributed by atoms with Crippen molar-refractivity contribution in [1.82, 2.24) is 0 Å². The maximum atomic E-state index is 9.85. The second-order valence-corrected chi connectivity index (χ2v) is 42.8. The van der Waals surface area contributed by atoms with Crippen LogP contribution in [0.5, 0.6) is 0 Å². The van der Waals surface area contributed by atoms with E-state index in [4.69, 9.17) is 0 Å². The molecule has 10 aromatic carbocycles. The van der Waals surface area contributed by atoms with Gasteiger partial charge < -0.3 is 0 Å².